The molecule has 0 saturated carbocycles. The number of anilines is 1. The molecule has 0 aliphatic rings. The average molecular weight is 276 g/mol. The van der Waals surface area contributed by atoms with Gasteiger partial charge in [0.05, 0.1) is 16.7 Å². The SMILES string of the molecule is Cc1ccc(CN(C)c2nc(C)c(C(C)O)s2)cc1. The summed E-state index contributed by atoms with van der Waals surface area (Å²) < 4.78 is 0. The van der Waals surface area contributed by atoms with E-state index >= 15 is 0 Å². The van der Waals surface area contributed by atoms with Crippen LogP contribution in [0.5, 0.6) is 0 Å². The highest BCUT2D eigenvalue weighted by Crippen LogP contribution is 2.30. The normalized spacial score (nSPS) is 12.5. The Balaban J connectivity index is 2.13. The van der Waals surface area contributed by atoms with Crippen LogP contribution in [0.3, 0.4) is 0 Å². The molecule has 2 aromatic rings. The van der Waals surface area contributed by atoms with Crippen LogP contribution in [-0.2, 0) is 6.54 Å². The molecule has 0 aliphatic carbocycles. The van der Waals surface area contributed by atoms with E-state index in [1.54, 1.807) is 18.3 Å². The minimum atomic E-state index is -0.445. The van der Waals surface area contributed by atoms with Gasteiger partial charge in [0, 0.05) is 13.6 Å². The Labute approximate surface area is 118 Å². The third-order valence-electron chi connectivity index (χ3n) is 3.07. The predicted octanol–water partition coefficient (Wildman–Crippen LogP) is 3.45. The van der Waals surface area contributed by atoms with Crippen molar-refractivity contribution in [3.05, 3.63) is 46.0 Å². The summed E-state index contributed by atoms with van der Waals surface area (Å²) in [6, 6.07) is 8.53. The molecule has 0 fully saturated rings. The maximum atomic E-state index is 9.67. The number of aliphatic hydroxyl groups excluding tert-OH is 1. The molecule has 1 aromatic carbocycles. The first-order valence-electron chi connectivity index (χ1n) is 6.39. The Hall–Kier alpha value is -1.39. The van der Waals surface area contributed by atoms with Crippen LogP contribution in [0.1, 0.15) is 34.7 Å². The summed E-state index contributed by atoms with van der Waals surface area (Å²) in [5.41, 5.74) is 3.46. The molecule has 0 saturated heterocycles. The van der Waals surface area contributed by atoms with Crippen LogP contribution in [0.4, 0.5) is 5.13 Å². The number of thiazole rings is 1. The third-order valence-corrected chi connectivity index (χ3v) is 4.51. The molecule has 1 unspecified atom stereocenters. The maximum Gasteiger partial charge on any atom is 0.185 e. The third kappa shape index (κ3) is 3.33. The number of aliphatic hydroxyl groups is 1. The molecular formula is C15H20N2OS. The fourth-order valence-corrected chi connectivity index (χ4v) is 2.94. The molecule has 1 aromatic heterocycles. The molecule has 0 bridgehead atoms. The van der Waals surface area contributed by atoms with Crippen LogP contribution in [0, 0.1) is 13.8 Å². The van der Waals surface area contributed by atoms with Crippen LogP contribution >= 0.6 is 11.3 Å². The number of aromatic nitrogens is 1. The van der Waals surface area contributed by atoms with E-state index < -0.39 is 6.10 Å². The fraction of sp³-hybridized carbons (Fsp3) is 0.400. The lowest BCUT2D eigenvalue weighted by molar-refractivity contribution is 0.202. The lowest BCUT2D eigenvalue weighted by Crippen LogP contribution is -2.15. The van der Waals surface area contributed by atoms with Gasteiger partial charge in [0.1, 0.15) is 0 Å². The van der Waals surface area contributed by atoms with Gasteiger partial charge in [0.15, 0.2) is 5.13 Å². The number of rotatable bonds is 4. The van der Waals surface area contributed by atoms with Gasteiger partial charge >= 0.3 is 0 Å². The van der Waals surface area contributed by atoms with Crippen molar-refractivity contribution in [1.29, 1.82) is 0 Å². The zero-order valence-corrected chi connectivity index (χ0v) is 12.7. The van der Waals surface area contributed by atoms with Crippen molar-refractivity contribution in [2.45, 2.75) is 33.4 Å². The van der Waals surface area contributed by atoms with E-state index in [2.05, 4.69) is 41.1 Å². The maximum absolute atomic E-state index is 9.67. The van der Waals surface area contributed by atoms with Gasteiger partial charge in [-0.3, -0.25) is 0 Å². The first kappa shape index (κ1) is 14.0. The van der Waals surface area contributed by atoms with E-state index in [0.29, 0.717) is 0 Å². The number of benzene rings is 1. The topological polar surface area (TPSA) is 36.4 Å². The van der Waals surface area contributed by atoms with Crippen molar-refractivity contribution in [2.24, 2.45) is 0 Å². The summed E-state index contributed by atoms with van der Waals surface area (Å²) in [5.74, 6) is 0. The summed E-state index contributed by atoms with van der Waals surface area (Å²) in [6.07, 6.45) is -0.445. The minimum absolute atomic E-state index is 0.445. The zero-order valence-electron chi connectivity index (χ0n) is 11.8. The van der Waals surface area contributed by atoms with Crippen molar-refractivity contribution in [3.63, 3.8) is 0 Å². The molecule has 1 N–H and O–H groups in total. The Kier molecular flexibility index (Phi) is 4.22. The molecule has 1 heterocycles. The lowest BCUT2D eigenvalue weighted by atomic mass is 10.1. The standard InChI is InChI=1S/C15H20N2OS/c1-10-5-7-13(8-6-10)9-17(4)15-16-11(2)14(19-15)12(3)18/h5-8,12,18H,9H2,1-4H3. The van der Waals surface area contributed by atoms with Gasteiger partial charge in [-0.15, -0.1) is 0 Å². The van der Waals surface area contributed by atoms with Crippen molar-refractivity contribution < 1.29 is 5.11 Å². The summed E-state index contributed by atoms with van der Waals surface area (Å²) in [5, 5.41) is 10.6. The van der Waals surface area contributed by atoms with Crippen molar-refractivity contribution in [1.82, 2.24) is 4.98 Å². The van der Waals surface area contributed by atoms with Gasteiger partial charge in [0.25, 0.3) is 0 Å². The number of hydrogen-bond acceptors (Lipinski definition) is 4. The average Bonchev–Trinajstić information content (AvgIpc) is 2.74. The Morgan fingerprint density at radius 3 is 2.42 bits per heavy atom. The molecule has 0 spiro atoms. The summed E-state index contributed by atoms with van der Waals surface area (Å²) in [4.78, 5) is 7.60. The van der Waals surface area contributed by atoms with Crippen molar-refractivity contribution in [2.75, 3.05) is 11.9 Å². The fourth-order valence-electron chi connectivity index (χ4n) is 1.98. The van der Waals surface area contributed by atoms with Crippen LogP contribution in [0.2, 0.25) is 0 Å². The predicted molar refractivity (Wildman–Crippen MR) is 80.8 cm³/mol. The van der Waals surface area contributed by atoms with Crippen molar-refractivity contribution >= 4 is 16.5 Å². The zero-order chi connectivity index (χ0) is 14.0. The number of hydrogen-bond donors (Lipinski definition) is 1. The highest BCUT2D eigenvalue weighted by Gasteiger charge is 2.14. The highest BCUT2D eigenvalue weighted by molar-refractivity contribution is 7.15. The number of aryl methyl sites for hydroxylation is 2. The van der Waals surface area contributed by atoms with E-state index in [1.807, 2.05) is 14.0 Å². The molecule has 1 atom stereocenters. The second kappa shape index (κ2) is 5.72. The van der Waals surface area contributed by atoms with E-state index in [4.69, 9.17) is 0 Å². The Morgan fingerprint density at radius 1 is 1.26 bits per heavy atom. The summed E-state index contributed by atoms with van der Waals surface area (Å²) in [7, 11) is 2.03. The molecule has 0 amide bonds. The lowest BCUT2D eigenvalue weighted by Gasteiger charge is -2.15. The van der Waals surface area contributed by atoms with Crippen LogP contribution in [-0.4, -0.2) is 17.1 Å². The van der Waals surface area contributed by atoms with Gasteiger partial charge in [-0.25, -0.2) is 4.98 Å². The highest BCUT2D eigenvalue weighted by atomic mass is 32.1. The molecule has 0 aliphatic heterocycles. The monoisotopic (exact) mass is 276 g/mol. The largest absolute Gasteiger partial charge is 0.388 e. The first-order chi connectivity index (χ1) is 8.97. The minimum Gasteiger partial charge on any atom is -0.388 e. The van der Waals surface area contributed by atoms with E-state index in [-0.39, 0.29) is 0 Å². The molecule has 4 heteroatoms. The second-order valence-electron chi connectivity index (χ2n) is 4.96. The second-order valence-corrected chi connectivity index (χ2v) is 5.97. The van der Waals surface area contributed by atoms with E-state index in [0.717, 1.165) is 22.2 Å². The summed E-state index contributed by atoms with van der Waals surface area (Å²) >= 11 is 1.56. The van der Waals surface area contributed by atoms with Crippen LogP contribution in [0.25, 0.3) is 0 Å². The first-order valence-corrected chi connectivity index (χ1v) is 7.21. The van der Waals surface area contributed by atoms with Gasteiger partial charge in [0.2, 0.25) is 0 Å². The quantitative estimate of drug-likeness (QED) is 0.929. The molecule has 2 rings (SSSR count). The van der Waals surface area contributed by atoms with Gasteiger partial charge < -0.3 is 10.0 Å². The van der Waals surface area contributed by atoms with E-state index in [1.165, 1.54) is 11.1 Å². The molecular weight excluding hydrogens is 256 g/mol. The number of nitrogens with zero attached hydrogens (tertiary/aromatic N) is 2. The molecule has 3 nitrogen and oxygen atoms in total. The summed E-state index contributed by atoms with van der Waals surface area (Å²) in [6.45, 7) is 6.64. The smallest absolute Gasteiger partial charge is 0.185 e. The molecule has 19 heavy (non-hydrogen) atoms. The van der Waals surface area contributed by atoms with Gasteiger partial charge in [-0.1, -0.05) is 41.2 Å². The van der Waals surface area contributed by atoms with Crippen LogP contribution < -0.4 is 4.90 Å². The van der Waals surface area contributed by atoms with Crippen LogP contribution in [0.15, 0.2) is 24.3 Å². The van der Waals surface area contributed by atoms with Crippen molar-refractivity contribution in [3.8, 4) is 0 Å². The van der Waals surface area contributed by atoms with Gasteiger partial charge in [-0.2, -0.15) is 0 Å². The van der Waals surface area contributed by atoms with E-state index in [9.17, 15) is 5.11 Å². The van der Waals surface area contributed by atoms with Gasteiger partial charge in [-0.05, 0) is 26.3 Å². The molecule has 0 radical (unpaired) electrons. The Bertz CT molecular complexity index is 546. The Morgan fingerprint density at radius 2 is 1.89 bits per heavy atom. The molecule has 102 valence electrons.